The molecule has 1 aliphatic rings. The van der Waals surface area contributed by atoms with Crippen LogP contribution in [0.2, 0.25) is 0 Å². The van der Waals surface area contributed by atoms with E-state index in [1.54, 1.807) is 0 Å². The second-order valence-electron chi connectivity index (χ2n) is 5.78. The molecule has 1 unspecified atom stereocenters. The van der Waals surface area contributed by atoms with E-state index in [0.29, 0.717) is 5.84 Å². The van der Waals surface area contributed by atoms with Crippen molar-refractivity contribution >= 4 is 11.9 Å². The van der Waals surface area contributed by atoms with Gasteiger partial charge < -0.3 is 10.1 Å². The fraction of sp³-hybridized carbons (Fsp3) is 0.833. The highest BCUT2D eigenvalue weighted by Crippen LogP contribution is 2.12. The van der Waals surface area contributed by atoms with Crippen LogP contribution in [-0.2, 0) is 4.74 Å². The molecule has 3 N–H and O–H groups in total. The summed E-state index contributed by atoms with van der Waals surface area (Å²) in [6.07, 6.45) is 0.890. The molecule has 0 aliphatic carbocycles. The molecule has 0 aromatic carbocycles. The zero-order chi connectivity index (χ0) is 14.6. The molecule has 7 heteroatoms. The zero-order valence-electron chi connectivity index (χ0n) is 12.4. The minimum absolute atomic E-state index is 0.0928. The monoisotopic (exact) mass is 271 g/mol. The Morgan fingerprint density at radius 3 is 2.68 bits per heavy atom. The van der Waals surface area contributed by atoms with E-state index in [0.717, 1.165) is 6.42 Å². The van der Waals surface area contributed by atoms with E-state index in [2.05, 4.69) is 10.4 Å². The number of amidine groups is 1. The molecule has 1 atom stereocenters. The highest BCUT2D eigenvalue weighted by atomic mass is 16.5. The molecule has 19 heavy (non-hydrogen) atoms. The standard InChI is InChI=1S/C12H25N5O2/c1-6-9(2)10-15-17(8-19-7-16(10)13)11(18)14-12(3,4)5/h9H,6-8,13H2,1-5H3,(H,14,18). The molecular formula is C12H25N5O2. The minimum Gasteiger partial charge on any atom is -0.337 e. The molecular weight excluding hydrogens is 246 g/mol. The number of nitrogens with one attached hydrogen (secondary N) is 1. The zero-order valence-corrected chi connectivity index (χ0v) is 12.4. The predicted octanol–water partition coefficient (Wildman–Crippen LogP) is 1.28. The average Bonchev–Trinajstić information content (AvgIpc) is 2.48. The number of carbonyl (C=O) groups is 1. The first-order chi connectivity index (χ1) is 8.74. The molecule has 110 valence electrons. The van der Waals surface area contributed by atoms with Crippen LogP contribution in [0.15, 0.2) is 5.10 Å². The molecule has 0 spiro atoms. The quantitative estimate of drug-likeness (QED) is 0.741. The maximum atomic E-state index is 12.1. The first-order valence-electron chi connectivity index (χ1n) is 6.52. The Labute approximate surface area is 114 Å². The topological polar surface area (TPSA) is 83.2 Å². The number of amides is 2. The van der Waals surface area contributed by atoms with E-state index >= 15 is 0 Å². The third-order valence-electron chi connectivity index (χ3n) is 2.73. The first kappa shape index (κ1) is 15.7. The molecule has 1 aliphatic heterocycles. The highest BCUT2D eigenvalue weighted by Gasteiger charge is 2.25. The van der Waals surface area contributed by atoms with Crippen LogP contribution in [0.5, 0.6) is 0 Å². The van der Waals surface area contributed by atoms with Gasteiger partial charge in [-0.05, 0) is 27.2 Å². The van der Waals surface area contributed by atoms with Gasteiger partial charge in [0, 0.05) is 11.5 Å². The largest absolute Gasteiger partial charge is 0.340 e. The molecule has 0 radical (unpaired) electrons. The van der Waals surface area contributed by atoms with E-state index in [1.807, 2.05) is 34.6 Å². The van der Waals surface area contributed by atoms with Gasteiger partial charge in [-0.25, -0.2) is 10.6 Å². The number of urea groups is 1. The summed E-state index contributed by atoms with van der Waals surface area (Å²) in [5.74, 6) is 6.68. The highest BCUT2D eigenvalue weighted by molar-refractivity contribution is 5.85. The van der Waals surface area contributed by atoms with Crippen LogP contribution in [0.1, 0.15) is 41.0 Å². The van der Waals surface area contributed by atoms with Gasteiger partial charge in [0.05, 0.1) is 0 Å². The van der Waals surface area contributed by atoms with Gasteiger partial charge >= 0.3 is 6.03 Å². The fourth-order valence-corrected chi connectivity index (χ4v) is 1.56. The van der Waals surface area contributed by atoms with Crippen molar-refractivity contribution in [2.75, 3.05) is 13.5 Å². The molecule has 0 aromatic heterocycles. The maximum Gasteiger partial charge on any atom is 0.340 e. The lowest BCUT2D eigenvalue weighted by molar-refractivity contribution is 0.0184. The van der Waals surface area contributed by atoms with Crippen molar-refractivity contribution in [2.24, 2.45) is 16.9 Å². The number of hydrazone groups is 1. The number of rotatable bonds is 2. The summed E-state index contributed by atoms with van der Waals surface area (Å²) in [5, 5.41) is 9.90. The second-order valence-corrected chi connectivity index (χ2v) is 5.78. The maximum absolute atomic E-state index is 12.1. The third kappa shape index (κ3) is 4.68. The van der Waals surface area contributed by atoms with Crippen molar-refractivity contribution in [1.82, 2.24) is 15.3 Å². The average molecular weight is 271 g/mol. The number of carbonyl (C=O) groups excluding carboxylic acids is 1. The van der Waals surface area contributed by atoms with Gasteiger partial charge in [0.15, 0.2) is 0 Å². The summed E-state index contributed by atoms with van der Waals surface area (Å²) in [6.45, 7) is 10.1. The van der Waals surface area contributed by atoms with Crippen LogP contribution in [0, 0.1) is 5.92 Å². The predicted molar refractivity (Wildman–Crippen MR) is 73.9 cm³/mol. The van der Waals surface area contributed by atoms with Crippen LogP contribution >= 0.6 is 0 Å². The number of hydrazine groups is 1. The SMILES string of the molecule is CCC(C)C1=NN(C(=O)NC(C)(C)C)COCN1N. The fourth-order valence-electron chi connectivity index (χ4n) is 1.56. The summed E-state index contributed by atoms with van der Waals surface area (Å²) in [6, 6.07) is -0.288. The summed E-state index contributed by atoms with van der Waals surface area (Å²) in [4.78, 5) is 12.1. The summed E-state index contributed by atoms with van der Waals surface area (Å²) in [5.41, 5.74) is -0.322. The van der Waals surface area contributed by atoms with Gasteiger partial charge in [-0.15, -0.1) is 0 Å². The van der Waals surface area contributed by atoms with Gasteiger partial charge in [0.2, 0.25) is 0 Å². The smallest absolute Gasteiger partial charge is 0.337 e. The van der Waals surface area contributed by atoms with Gasteiger partial charge in [-0.1, -0.05) is 13.8 Å². The van der Waals surface area contributed by atoms with Gasteiger partial charge in [0.1, 0.15) is 19.3 Å². The minimum atomic E-state index is -0.322. The Balaban J connectivity index is 2.87. The lowest BCUT2D eigenvalue weighted by atomic mass is 10.1. The number of nitrogens with zero attached hydrogens (tertiary/aromatic N) is 3. The number of ether oxygens (including phenoxy) is 1. The molecule has 0 bridgehead atoms. The van der Waals surface area contributed by atoms with E-state index in [9.17, 15) is 4.79 Å². The lowest BCUT2D eigenvalue weighted by Gasteiger charge is -2.25. The molecule has 0 saturated carbocycles. The van der Waals surface area contributed by atoms with Crippen molar-refractivity contribution in [3.8, 4) is 0 Å². The molecule has 0 saturated heterocycles. The number of nitrogens with two attached hydrogens (primary N) is 1. The van der Waals surface area contributed by atoms with Crippen LogP contribution in [0.3, 0.4) is 0 Å². The van der Waals surface area contributed by atoms with Crippen molar-refractivity contribution in [3.05, 3.63) is 0 Å². The van der Waals surface area contributed by atoms with Crippen LogP contribution in [-0.4, -0.2) is 40.9 Å². The molecule has 2 amide bonds. The molecule has 0 aromatic rings. The van der Waals surface area contributed by atoms with Crippen molar-refractivity contribution in [2.45, 2.75) is 46.6 Å². The van der Waals surface area contributed by atoms with Crippen LogP contribution in [0.4, 0.5) is 4.79 Å². The van der Waals surface area contributed by atoms with Crippen molar-refractivity contribution < 1.29 is 9.53 Å². The van der Waals surface area contributed by atoms with E-state index < -0.39 is 0 Å². The van der Waals surface area contributed by atoms with E-state index in [1.165, 1.54) is 10.0 Å². The lowest BCUT2D eigenvalue weighted by Crippen LogP contribution is -2.47. The number of hydrogen-bond donors (Lipinski definition) is 2. The van der Waals surface area contributed by atoms with Gasteiger partial charge in [-0.2, -0.15) is 10.1 Å². The Hall–Kier alpha value is -1.34. The van der Waals surface area contributed by atoms with Crippen molar-refractivity contribution in [3.63, 3.8) is 0 Å². The Kier molecular flexibility index (Phi) is 5.13. The van der Waals surface area contributed by atoms with Crippen LogP contribution in [0.25, 0.3) is 0 Å². The normalized spacial score (nSPS) is 18.7. The Morgan fingerprint density at radius 2 is 2.16 bits per heavy atom. The van der Waals surface area contributed by atoms with E-state index in [4.69, 9.17) is 10.6 Å². The van der Waals surface area contributed by atoms with Crippen molar-refractivity contribution in [1.29, 1.82) is 0 Å². The Bertz CT molecular complexity index is 351. The molecule has 0 fully saturated rings. The summed E-state index contributed by atoms with van der Waals surface area (Å²) in [7, 11) is 0. The summed E-state index contributed by atoms with van der Waals surface area (Å²) < 4.78 is 5.33. The molecule has 1 rings (SSSR count). The van der Waals surface area contributed by atoms with Crippen LogP contribution < -0.4 is 11.2 Å². The molecule has 7 nitrogen and oxygen atoms in total. The first-order valence-corrected chi connectivity index (χ1v) is 6.52. The number of hydrogen-bond acceptors (Lipinski definition) is 5. The van der Waals surface area contributed by atoms with Gasteiger partial charge in [0.25, 0.3) is 0 Å². The second kappa shape index (κ2) is 6.21. The molecule has 1 heterocycles. The van der Waals surface area contributed by atoms with E-state index in [-0.39, 0.29) is 30.9 Å². The Morgan fingerprint density at radius 1 is 1.53 bits per heavy atom. The third-order valence-corrected chi connectivity index (χ3v) is 2.73. The summed E-state index contributed by atoms with van der Waals surface area (Å²) >= 11 is 0. The van der Waals surface area contributed by atoms with Gasteiger partial charge in [-0.3, -0.25) is 5.01 Å².